The highest BCUT2D eigenvalue weighted by Gasteiger charge is 2.47. The van der Waals surface area contributed by atoms with E-state index in [-0.39, 0.29) is 29.3 Å². The van der Waals surface area contributed by atoms with Gasteiger partial charge in [-0.1, -0.05) is 16.6 Å². The van der Waals surface area contributed by atoms with Gasteiger partial charge in [-0.15, -0.1) is 15.3 Å². The van der Waals surface area contributed by atoms with Crippen molar-refractivity contribution in [2.75, 3.05) is 18.4 Å². The largest absolute Gasteiger partial charge is 0.445 e. The van der Waals surface area contributed by atoms with Crippen LogP contribution in [0.15, 0.2) is 24.5 Å². The number of hydrogen-bond donors (Lipinski definition) is 1. The molecule has 1 saturated heterocycles. The summed E-state index contributed by atoms with van der Waals surface area (Å²) in [5.74, 6) is 0.754. The quantitative estimate of drug-likeness (QED) is 0.620. The summed E-state index contributed by atoms with van der Waals surface area (Å²) in [6.07, 6.45) is 0.463. The Morgan fingerprint density at radius 1 is 1.25 bits per heavy atom. The van der Waals surface area contributed by atoms with Crippen molar-refractivity contribution < 1.29 is 18.0 Å². The van der Waals surface area contributed by atoms with Crippen LogP contribution in [0.4, 0.5) is 18.3 Å². The number of fused-ring (bicyclic) bond motifs is 1. The van der Waals surface area contributed by atoms with Crippen molar-refractivity contribution in [1.29, 1.82) is 0 Å². The average molecular weight is 464 g/mol. The van der Waals surface area contributed by atoms with E-state index in [1.807, 2.05) is 6.92 Å². The van der Waals surface area contributed by atoms with E-state index in [0.717, 1.165) is 12.8 Å². The van der Waals surface area contributed by atoms with Gasteiger partial charge in [0.1, 0.15) is 0 Å². The maximum Gasteiger partial charge on any atom is 0.445 e. The summed E-state index contributed by atoms with van der Waals surface area (Å²) < 4.78 is 39.9. The fraction of sp³-hybridized carbons (Fsp3) is 0.474. The zero-order valence-electron chi connectivity index (χ0n) is 17.0. The molecule has 32 heavy (non-hydrogen) atoms. The lowest BCUT2D eigenvalue weighted by Gasteiger charge is -2.35. The minimum Gasteiger partial charge on any atom is -0.358 e. The van der Waals surface area contributed by atoms with E-state index >= 15 is 0 Å². The number of pyridine rings is 1. The van der Waals surface area contributed by atoms with E-state index in [1.165, 1.54) is 10.9 Å². The lowest BCUT2D eigenvalue weighted by molar-refractivity contribution is -0.138. The Balaban J connectivity index is 1.38. The fourth-order valence-electron chi connectivity index (χ4n) is 4.12. The summed E-state index contributed by atoms with van der Waals surface area (Å²) in [5.41, 5.74) is 1.50. The van der Waals surface area contributed by atoms with Crippen LogP contribution < -0.4 is 5.32 Å². The minimum absolute atomic E-state index is 0.0830. The van der Waals surface area contributed by atoms with Crippen molar-refractivity contribution in [3.8, 4) is 5.69 Å². The summed E-state index contributed by atoms with van der Waals surface area (Å²) in [6.45, 7) is 2.68. The molecule has 1 aliphatic carbocycles. The van der Waals surface area contributed by atoms with Crippen LogP contribution in [-0.2, 0) is 6.18 Å². The van der Waals surface area contributed by atoms with Gasteiger partial charge in [0.25, 0.3) is 5.91 Å². The Hall–Kier alpha value is -3.09. The highest BCUT2D eigenvalue weighted by Crippen LogP contribution is 2.47. The third kappa shape index (κ3) is 4.04. The fourth-order valence-corrected chi connectivity index (χ4v) is 4.74. The molecule has 0 bridgehead atoms. The second kappa shape index (κ2) is 7.80. The van der Waals surface area contributed by atoms with Gasteiger partial charge in [0.2, 0.25) is 10.1 Å². The number of halogens is 3. The molecule has 1 amide bonds. The lowest BCUT2D eigenvalue weighted by Crippen LogP contribution is -2.48. The monoisotopic (exact) mass is 464 g/mol. The number of carbonyl (C=O) groups is 1. The maximum absolute atomic E-state index is 13.6. The Morgan fingerprint density at radius 2 is 2.09 bits per heavy atom. The molecule has 3 aromatic rings. The first kappa shape index (κ1) is 20.8. The molecule has 4 heterocycles. The molecule has 1 N–H and O–H groups in total. The molecule has 0 unspecified atom stereocenters. The van der Waals surface area contributed by atoms with Crippen LogP contribution in [0.1, 0.15) is 34.0 Å². The molecule has 1 aliphatic heterocycles. The van der Waals surface area contributed by atoms with E-state index in [0.29, 0.717) is 41.1 Å². The molecule has 2 fully saturated rings. The average Bonchev–Trinajstić information content (AvgIpc) is 3.13. The molecule has 168 valence electrons. The molecular weight excluding hydrogens is 445 g/mol. The first-order valence-corrected chi connectivity index (χ1v) is 10.9. The number of aromatic nitrogens is 6. The zero-order valence-corrected chi connectivity index (χ0v) is 17.8. The predicted octanol–water partition coefficient (Wildman–Crippen LogP) is 2.80. The van der Waals surface area contributed by atoms with Crippen molar-refractivity contribution in [3.05, 3.63) is 40.9 Å². The number of likely N-dealkylation sites (tertiary alicyclic amines) is 1. The van der Waals surface area contributed by atoms with Gasteiger partial charge in [-0.05, 0) is 43.7 Å². The number of nitrogens with one attached hydrogen (secondary N) is 1. The van der Waals surface area contributed by atoms with Crippen molar-refractivity contribution in [1.82, 2.24) is 35.1 Å². The van der Waals surface area contributed by atoms with Crippen LogP contribution in [0.25, 0.3) is 5.69 Å². The Kier molecular flexibility index (Phi) is 5.07. The minimum atomic E-state index is -4.53. The third-order valence-corrected chi connectivity index (χ3v) is 6.74. The Labute approximate surface area is 184 Å². The second-order valence-corrected chi connectivity index (χ2v) is 9.04. The summed E-state index contributed by atoms with van der Waals surface area (Å²) in [7, 11) is 0. The van der Waals surface area contributed by atoms with E-state index in [9.17, 15) is 18.0 Å². The van der Waals surface area contributed by atoms with Crippen LogP contribution >= 0.6 is 11.3 Å². The number of amides is 1. The summed E-state index contributed by atoms with van der Waals surface area (Å²) in [5, 5.41) is 16.6. The van der Waals surface area contributed by atoms with Crippen LogP contribution in [0.2, 0.25) is 0 Å². The second-order valence-electron chi connectivity index (χ2n) is 8.06. The van der Waals surface area contributed by atoms with E-state index in [1.54, 1.807) is 23.2 Å². The highest BCUT2D eigenvalue weighted by molar-refractivity contribution is 7.15. The van der Waals surface area contributed by atoms with Gasteiger partial charge in [0, 0.05) is 24.8 Å². The van der Waals surface area contributed by atoms with Gasteiger partial charge >= 0.3 is 6.18 Å². The SMILES string of the molecule is Cc1ccc(-n2ccnn2)c(C(=O)N2C[C@@H]3C[C@@H]3C[C@H]2CNc2nnc(C(F)(F)F)s2)n1. The summed E-state index contributed by atoms with van der Waals surface area (Å²) in [6, 6.07) is 3.38. The van der Waals surface area contributed by atoms with Crippen molar-refractivity contribution >= 4 is 22.4 Å². The predicted molar refractivity (Wildman–Crippen MR) is 108 cm³/mol. The van der Waals surface area contributed by atoms with Gasteiger partial charge in [-0.25, -0.2) is 9.67 Å². The van der Waals surface area contributed by atoms with Crippen LogP contribution in [0, 0.1) is 18.8 Å². The first-order chi connectivity index (χ1) is 15.3. The zero-order chi connectivity index (χ0) is 22.5. The molecule has 5 rings (SSSR count). The third-order valence-electron chi connectivity index (χ3n) is 5.82. The Bertz CT molecular complexity index is 1130. The maximum atomic E-state index is 13.6. The number of piperidine rings is 1. The highest BCUT2D eigenvalue weighted by atomic mass is 32.1. The number of alkyl halides is 3. The molecule has 0 aromatic carbocycles. The summed E-state index contributed by atoms with van der Waals surface area (Å²) in [4.78, 5) is 19.8. The first-order valence-electron chi connectivity index (χ1n) is 10.1. The number of anilines is 1. The number of hydrogen-bond acceptors (Lipinski definition) is 8. The molecule has 3 atom stereocenters. The molecule has 0 spiro atoms. The Morgan fingerprint density at radius 3 is 2.81 bits per heavy atom. The smallest absolute Gasteiger partial charge is 0.358 e. The molecular formula is C19H19F3N8OS. The van der Waals surface area contributed by atoms with Crippen LogP contribution in [-0.4, -0.2) is 60.1 Å². The number of rotatable bonds is 5. The number of aryl methyl sites for hydroxylation is 1. The van der Waals surface area contributed by atoms with Gasteiger partial charge in [-0.3, -0.25) is 4.79 Å². The van der Waals surface area contributed by atoms with Crippen molar-refractivity contribution in [3.63, 3.8) is 0 Å². The van der Waals surface area contributed by atoms with Gasteiger partial charge in [-0.2, -0.15) is 13.2 Å². The van der Waals surface area contributed by atoms with Crippen LogP contribution in [0.5, 0.6) is 0 Å². The van der Waals surface area contributed by atoms with Crippen molar-refractivity contribution in [2.45, 2.75) is 32.0 Å². The topological polar surface area (TPSA) is 102 Å². The molecule has 9 nitrogen and oxygen atoms in total. The van der Waals surface area contributed by atoms with E-state index in [4.69, 9.17) is 0 Å². The standard InChI is InChI=1S/C19H19F3N8OS/c1-10-2-3-14(30-5-4-24-28-30)15(25-10)16(31)29-9-12-6-11(12)7-13(29)8-23-18-27-26-17(32-18)19(20,21)22/h2-5,11-13H,6-9H2,1H3,(H,23,27)/t11-,12+,13+/m1/s1. The summed E-state index contributed by atoms with van der Waals surface area (Å²) >= 11 is 0.456. The molecule has 1 saturated carbocycles. The van der Waals surface area contributed by atoms with Gasteiger partial charge in [0.15, 0.2) is 5.69 Å². The normalized spacial score (nSPS) is 22.5. The van der Waals surface area contributed by atoms with Gasteiger partial charge in [0.05, 0.1) is 18.1 Å². The number of carbonyl (C=O) groups excluding carboxylic acids is 1. The van der Waals surface area contributed by atoms with E-state index < -0.39 is 11.2 Å². The van der Waals surface area contributed by atoms with E-state index in [2.05, 4.69) is 30.8 Å². The van der Waals surface area contributed by atoms with Crippen molar-refractivity contribution in [2.24, 2.45) is 11.8 Å². The molecule has 2 aliphatic rings. The molecule has 0 radical (unpaired) electrons. The molecule has 3 aromatic heterocycles. The van der Waals surface area contributed by atoms with Gasteiger partial charge < -0.3 is 10.2 Å². The van der Waals surface area contributed by atoms with Crippen LogP contribution in [0.3, 0.4) is 0 Å². The lowest BCUT2D eigenvalue weighted by atomic mass is 10.0. The number of nitrogens with zero attached hydrogens (tertiary/aromatic N) is 7. The molecule has 13 heteroatoms.